The molecule has 1 aromatic heterocycles. The first-order chi connectivity index (χ1) is 16.1. The van der Waals surface area contributed by atoms with Crippen LogP contribution in [-0.2, 0) is 11.2 Å². The van der Waals surface area contributed by atoms with Crippen LogP contribution in [0.25, 0.3) is 10.9 Å². The minimum atomic E-state index is -0.370. The zero-order valence-electron chi connectivity index (χ0n) is 18.6. The van der Waals surface area contributed by atoms with Gasteiger partial charge < -0.3 is 14.8 Å². The molecular formula is C25H27FN4O3. The van der Waals surface area contributed by atoms with Gasteiger partial charge in [-0.1, -0.05) is 12.1 Å². The van der Waals surface area contributed by atoms with Crippen LogP contribution in [0.15, 0.2) is 36.5 Å². The average molecular weight is 451 g/mol. The number of halogens is 1. The topological polar surface area (TPSA) is 76.6 Å². The summed E-state index contributed by atoms with van der Waals surface area (Å²) < 4.78 is 26.2. The fraction of sp³-hybridized carbons (Fsp3) is 0.400. The van der Waals surface area contributed by atoms with Crippen LogP contribution in [0.2, 0.25) is 0 Å². The predicted octanol–water partition coefficient (Wildman–Crippen LogP) is 3.74. The fourth-order valence-electron chi connectivity index (χ4n) is 4.57. The number of anilines is 1. The Bertz CT molecular complexity index is 1180. The van der Waals surface area contributed by atoms with Gasteiger partial charge in [-0.3, -0.25) is 9.69 Å². The number of hydrogen-bond acceptors (Lipinski definition) is 6. The molecule has 0 spiro atoms. The summed E-state index contributed by atoms with van der Waals surface area (Å²) in [7, 11) is 0. The van der Waals surface area contributed by atoms with Crippen molar-refractivity contribution < 1.29 is 18.7 Å². The number of amides is 1. The monoisotopic (exact) mass is 450 g/mol. The lowest BCUT2D eigenvalue weighted by Crippen LogP contribution is -2.37. The minimum Gasteiger partial charge on any atom is -0.491 e. The van der Waals surface area contributed by atoms with Gasteiger partial charge in [0.2, 0.25) is 0 Å². The molecule has 7 nitrogen and oxygen atoms in total. The molecule has 1 saturated heterocycles. The van der Waals surface area contributed by atoms with Crippen LogP contribution in [0.1, 0.15) is 24.2 Å². The molecular weight excluding hydrogens is 423 g/mol. The Hall–Kier alpha value is -3.26. The van der Waals surface area contributed by atoms with Gasteiger partial charge in [-0.15, -0.1) is 0 Å². The summed E-state index contributed by atoms with van der Waals surface area (Å²) in [6.07, 6.45) is 4.48. The highest BCUT2D eigenvalue weighted by Crippen LogP contribution is 2.34. The van der Waals surface area contributed by atoms with E-state index in [-0.39, 0.29) is 24.0 Å². The summed E-state index contributed by atoms with van der Waals surface area (Å²) in [4.78, 5) is 22.7. The Balaban J connectivity index is 1.12. The summed E-state index contributed by atoms with van der Waals surface area (Å²) >= 11 is 0. The van der Waals surface area contributed by atoms with E-state index in [1.54, 1.807) is 12.1 Å². The maximum Gasteiger partial charge on any atom is 0.262 e. The molecule has 3 heterocycles. The van der Waals surface area contributed by atoms with Gasteiger partial charge in [-0.2, -0.15) is 0 Å². The van der Waals surface area contributed by atoms with E-state index in [9.17, 15) is 9.18 Å². The van der Waals surface area contributed by atoms with Gasteiger partial charge in [0.15, 0.2) is 12.4 Å². The van der Waals surface area contributed by atoms with Crippen LogP contribution in [-0.4, -0.2) is 53.6 Å². The van der Waals surface area contributed by atoms with Gasteiger partial charge in [-0.25, -0.2) is 14.4 Å². The number of aryl methyl sites for hydroxylation is 1. The van der Waals surface area contributed by atoms with E-state index in [0.29, 0.717) is 30.3 Å². The molecule has 0 unspecified atom stereocenters. The number of carbonyl (C=O) groups is 1. The average Bonchev–Trinajstić information content (AvgIpc) is 2.82. The van der Waals surface area contributed by atoms with Gasteiger partial charge in [0.25, 0.3) is 5.91 Å². The van der Waals surface area contributed by atoms with Crippen LogP contribution in [0.5, 0.6) is 11.5 Å². The van der Waals surface area contributed by atoms with E-state index in [0.717, 1.165) is 55.0 Å². The van der Waals surface area contributed by atoms with Crippen LogP contribution < -0.4 is 14.8 Å². The quantitative estimate of drug-likeness (QED) is 0.617. The lowest BCUT2D eigenvalue weighted by molar-refractivity contribution is -0.118. The molecule has 1 amide bonds. The van der Waals surface area contributed by atoms with Crippen molar-refractivity contribution in [3.63, 3.8) is 0 Å². The third-order valence-electron chi connectivity index (χ3n) is 6.39. The molecule has 2 aliphatic heterocycles. The summed E-state index contributed by atoms with van der Waals surface area (Å²) in [6.45, 7) is 5.16. The molecule has 0 saturated carbocycles. The van der Waals surface area contributed by atoms with Gasteiger partial charge in [-0.05, 0) is 69.0 Å². The van der Waals surface area contributed by atoms with Crippen LogP contribution >= 0.6 is 0 Å². The Morgan fingerprint density at radius 3 is 2.94 bits per heavy atom. The second-order valence-corrected chi connectivity index (χ2v) is 8.69. The van der Waals surface area contributed by atoms with E-state index >= 15 is 0 Å². The molecule has 0 radical (unpaired) electrons. The van der Waals surface area contributed by atoms with E-state index < -0.39 is 0 Å². The summed E-state index contributed by atoms with van der Waals surface area (Å²) in [5.41, 5.74) is 1.70. The third kappa shape index (κ3) is 4.75. The number of fused-ring (bicyclic) bond motifs is 2. The molecule has 1 fully saturated rings. The van der Waals surface area contributed by atoms with Gasteiger partial charge in [0, 0.05) is 12.7 Å². The van der Waals surface area contributed by atoms with E-state index in [4.69, 9.17) is 9.47 Å². The number of hydrogen-bond donors (Lipinski definition) is 1. The molecule has 3 aromatic rings. The molecule has 172 valence electrons. The predicted molar refractivity (Wildman–Crippen MR) is 123 cm³/mol. The SMILES string of the molecule is Cc1ncc2c(OCCN3CCC(Cc4ccc5c(c4F)NC(=O)CO5)CC3)cccc2n1. The van der Waals surface area contributed by atoms with Crippen molar-refractivity contribution in [3.05, 3.63) is 53.7 Å². The maximum absolute atomic E-state index is 14.9. The zero-order valence-corrected chi connectivity index (χ0v) is 18.6. The summed E-state index contributed by atoms with van der Waals surface area (Å²) in [6, 6.07) is 9.40. The molecule has 2 aromatic carbocycles. The van der Waals surface area contributed by atoms with Gasteiger partial charge in [0.1, 0.15) is 29.6 Å². The fourth-order valence-corrected chi connectivity index (χ4v) is 4.57. The number of aromatic nitrogens is 2. The lowest BCUT2D eigenvalue weighted by atomic mass is 9.89. The molecule has 0 atom stereocenters. The van der Waals surface area contributed by atoms with Crippen molar-refractivity contribution in [2.45, 2.75) is 26.2 Å². The largest absolute Gasteiger partial charge is 0.491 e. The molecule has 2 aliphatic rings. The first-order valence-electron chi connectivity index (χ1n) is 11.4. The smallest absolute Gasteiger partial charge is 0.262 e. The number of nitrogens with one attached hydrogen (secondary N) is 1. The second kappa shape index (κ2) is 9.31. The van der Waals surface area contributed by atoms with Crippen LogP contribution in [0, 0.1) is 18.7 Å². The van der Waals surface area contributed by atoms with Gasteiger partial charge >= 0.3 is 0 Å². The molecule has 0 bridgehead atoms. The zero-order chi connectivity index (χ0) is 22.8. The molecule has 0 aliphatic carbocycles. The lowest BCUT2D eigenvalue weighted by Gasteiger charge is -2.32. The molecule has 1 N–H and O–H groups in total. The van der Waals surface area contributed by atoms with Gasteiger partial charge in [0.05, 0.1) is 10.9 Å². The normalized spacial score (nSPS) is 16.8. The number of likely N-dealkylation sites (tertiary alicyclic amines) is 1. The number of rotatable bonds is 6. The van der Waals surface area contributed by atoms with E-state index in [1.807, 2.05) is 31.3 Å². The van der Waals surface area contributed by atoms with Crippen molar-refractivity contribution in [3.8, 4) is 11.5 Å². The highest BCUT2D eigenvalue weighted by Gasteiger charge is 2.25. The van der Waals surface area contributed by atoms with Crippen molar-refractivity contribution in [2.75, 3.05) is 38.2 Å². The molecule has 8 heteroatoms. The first-order valence-corrected chi connectivity index (χ1v) is 11.4. The minimum absolute atomic E-state index is 0.0676. The van der Waals surface area contributed by atoms with Crippen molar-refractivity contribution in [1.82, 2.24) is 14.9 Å². The number of carbonyl (C=O) groups excluding carboxylic acids is 1. The second-order valence-electron chi connectivity index (χ2n) is 8.69. The number of ether oxygens (including phenoxy) is 2. The summed E-state index contributed by atoms with van der Waals surface area (Å²) in [5, 5.41) is 3.52. The number of nitrogens with zero attached hydrogens (tertiary/aromatic N) is 3. The van der Waals surface area contributed by atoms with Crippen molar-refractivity contribution >= 4 is 22.5 Å². The Labute approximate surface area is 191 Å². The highest BCUT2D eigenvalue weighted by molar-refractivity contribution is 5.95. The Morgan fingerprint density at radius 2 is 2.09 bits per heavy atom. The highest BCUT2D eigenvalue weighted by atomic mass is 19.1. The summed E-state index contributed by atoms with van der Waals surface area (Å²) in [5.74, 6) is 1.68. The van der Waals surface area contributed by atoms with Crippen LogP contribution in [0.3, 0.4) is 0 Å². The van der Waals surface area contributed by atoms with Crippen molar-refractivity contribution in [1.29, 1.82) is 0 Å². The Kier molecular flexibility index (Phi) is 6.09. The standard InChI is InChI=1S/C25H27FN4O3/c1-16-27-14-19-20(28-16)3-2-4-21(19)32-12-11-30-9-7-17(8-10-30)13-18-5-6-22-25(24(18)26)29-23(31)15-33-22/h2-6,14,17H,7-13,15H2,1H3,(H,29,31). The number of benzene rings is 2. The molecule has 5 rings (SSSR count). The third-order valence-corrected chi connectivity index (χ3v) is 6.39. The van der Waals surface area contributed by atoms with E-state index in [2.05, 4.69) is 20.2 Å². The van der Waals surface area contributed by atoms with Crippen LogP contribution in [0.4, 0.5) is 10.1 Å². The van der Waals surface area contributed by atoms with Crippen molar-refractivity contribution in [2.24, 2.45) is 5.92 Å². The maximum atomic E-state index is 14.9. The first kappa shape index (κ1) is 21.6. The number of piperidine rings is 1. The molecule has 33 heavy (non-hydrogen) atoms. The Morgan fingerprint density at radius 1 is 1.24 bits per heavy atom. The van der Waals surface area contributed by atoms with E-state index in [1.165, 1.54) is 0 Å².